The SMILES string of the molecule is CN=C(NCCCSc1ccc(F)cc1)NCCCn1cccn1.I. The first-order valence-electron chi connectivity index (χ1n) is 8.08. The van der Waals surface area contributed by atoms with Gasteiger partial charge in [-0.05, 0) is 48.9 Å². The predicted octanol–water partition coefficient (Wildman–Crippen LogP) is 3.38. The van der Waals surface area contributed by atoms with Gasteiger partial charge in [0.15, 0.2) is 5.96 Å². The van der Waals surface area contributed by atoms with Gasteiger partial charge in [0.1, 0.15) is 5.82 Å². The monoisotopic (exact) mass is 477 g/mol. The van der Waals surface area contributed by atoms with Gasteiger partial charge in [0, 0.05) is 44.0 Å². The number of benzene rings is 1. The molecule has 1 aromatic heterocycles. The fourth-order valence-electron chi connectivity index (χ4n) is 2.10. The van der Waals surface area contributed by atoms with Crippen LogP contribution in [0.3, 0.4) is 0 Å². The van der Waals surface area contributed by atoms with Crippen molar-refractivity contribution >= 4 is 41.7 Å². The molecule has 1 heterocycles. The number of aliphatic imine (C=N–C) groups is 1. The molecular weight excluding hydrogens is 452 g/mol. The van der Waals surface area contributed by atoms with Crippen LogP contribution in [0.2, 0.25) is 0 Å². The quantitative estimate of drug-likeness (QED) is 0.191. The summed E-state index contributed by atoms with van der Waals surface area (Å²) in [6.45, 7) is 2.60. The summed E-state index contributed by atoms with van der Waals surface area (Å²) < 4.78 is 14.7. The Labute approximate surface area is 169 Å². The molecule has 0 aliphatic heterocycles. The van der Waals surface area contributed by atoms with Gasteiger partial charge in [0.05, 0.1) is 0 Å². The van der Waals surface area contributed by atoms with E-state index in [9.17, 15) is 4.39 Å². The number of rotatable bonds is 9. The van der Waals surface area contributed by atoms with Gasteiger partial charge in [-0.15, -0.1) is 35.7 Å². The highest BCUT2D eigenvalue weighted by Gasteiger charge is 1.98. The lowest BCUT2D eigenvalue weighted by atomic mass is 10.4. The molecule has 0 saturated heterocycles. The molecule has 0 atom stereocenters. The summed E-state index contributed by atoms with van der Waals surface area (Å²) in [7, 11) is 1.77. The van der Waals surface area contributed by atoms with E-state index in [1.165, 1.54) is 12.1 Å². The largest absolute Gasteiger partial charge is 0.356 e. The molecule has 0 radical (unpaired) electrons. The second-order valence-electron chi connectivity index (χ2n) is 5.20. The van der Waals surface area contributed by atoms with Gasteiger partial charge >= 0.3 is 0 Å². The highest BCUT2D eigenvalue weighted by molar-refractivity contribution is 14.0. The van der Waals surface area contributed by atoms with Crippen LogP contribution < -0.4 is 10.6 Å². The summed E-state index contributed by atoms with van der Waals surface area (Å²) in [4.78, 5) is 5.31. The number of halogens is 2. The maximum absolute atomic E-state index is 12.8. The Morgan fingerprint density at radius 2 is 1.92 bits per heavy atom. The molecule has 0 aliphatic carbocycles. The highest BCUT2D eigenvalue weighted by Crippen LogP contribution is 2.18. The molecule has 2 rings (SSSR count). The van der Waals surface area contributed by atoms with E-state index in [0.717, 1.165) is 49.1 Å². The van der Waals surface area contributed by atoms with Crippen LogP contribution in [0.4, 0.5) is 4.39 Å². The van der Waals surface area contributed by atoms with Crippen molar-refractivity contribution in [2.45, 2.75) is 24.3 Å². The van der Waals surface area contributed by atoms with E-state index in [4.69, 9.17) is 0 Å². The minimum absolute atomic E-state index is 0. The van der Waals surface area contributed by atoms with Crippen LogP contribution in [-0.2, 0) is 6.54 Å². The highest BCUT2D eigenvalue weighted by atomic mass is 127. The Balaban J connectivity index is 0.00000312. The third-order valence-corrected chi connectivity index (χ3v) is 4.43. The molecule has 25 heavy (non-hydrogen) atoms. The molecule has 138 valence electrons. The van der Waals surface area contributed by atoms with Crippen LogP contribution in [0.1, 0.15) is 12.8 Å². The van der Waals surface area contributed by atoms with Crippen molar-refractivity contribution in [3.05, 3.63) is 48.5 Å². The number of hydrogen-bond donors (Lipinski definition) is 2. The van der Waals surface area contributed by atoms with Crippen molar-refractivity contribution in [2.24, 2.45) is 4.99 Å². The summed E-state index contributed by atoms with van der Waals surface area (Å²) in [6, 6.07) is 8.55. The first-order valence-corrected chi connectivity index (χ1v) is 9.07. The fraction of sp³-hybridized carbons (Fsp3) is 0.412. The van der Waals surface area contributed by atoms with Crippen LogP contribution in [0, 0.1) is 5.82 Å². The lowest BCUT2D eigenvalue weighted by molar-refractivity contribution is 0.570. The number of aryl methyl sites for hydroxylation is 1. The molecular formula is C17H25FIN5S. The molecule has 0 bridgehead atoms. The Kier molecular flexibility index (Phi) is 11.3. The smallest absolute Gasteiger partial charge is 0.190 e. The number of hydrogen-bond acceptors (Lipinski definition) is 3. The summed E-state index contributed by atoms with van der Waals surface area (Å²) in [5.41, 5.74) is 0. The Morgan fingerprint density at radius 3 is 2.56 bits per heavy atom. The molecule has 5 nitrogen and oxygen atoms in total. The molecule has 2 N–H and O–H groups in total. The van der Waals surface area contributed by atoms with Gasteiger partial charge in [-0.1, -0.05) is 0 Å². The summed E-state index contributed by atoms with van der Waals surface area (Å²) in [6.07, 6.45) is 5.75. The number of nitrogens with zero attached hydrogens (tertiary/aromatic N) is 3. The summed E-state index contributed by atoms with van der Waals surface area (Å²) >= 11 is 1.73. The number of guanidine groups is 1. The van der Waals surface area contributed by atoms with Gasteiger partial charge in [-0.2, -0.15) is 5.10 Å². The molecule has 2 aromatic rings. The zero-order chi connectivity index (χ0) is 17.0. The maximum atomic E-state index is 12.8. The van der Waals surface area contributed by atoms with Crippen molar-refractivity contribution in [3.8, 4) is 0 Å². The Bertz CT molecular complexity index is 604. The Morgan fingerprint density at radius 1 is 1.20 bits per heavy atom. The van der Waals surface area contributed by atoms with Gasteiger partial charge < -0.3 is 10.6 Å². The van der Waals surface area contributed by atoms with Crippen LogP contribution in [0.25, 0.3) is 0 Å². The van der Waals surface area contributed by atoms with Gasteiger partial charge in [-0.25, -0.2) is 4.39 Å². The standard InChI is InChI=1S/C17H24FN5S.HI/c1-19-17(20-9-2-12-23-13-3-11-22-23)21-10-4-14-24-16-7-5-15(18)6-8-16;/h3,5-8,11,13H,2,4,9-10,12,14H2,1H3,(H2,19,20,21);1H. The average molecular weight is 477 g/mol. The van der Waals surface area contributed by atoms with Crippen molar-refractivity contribution in [1.82, 2.24) is 20.4 Å². The molecule has 0 saturated carbocycles. The van der Waals surface area contributed by atoms with E-state index in [1.54, 1.807) is 25.0 Å². The van der Waals surface area contributed by atoms with Crippen LogP contribution >= 0.6 is 35.7 Å². The second kappa shape index (κ2) is 13.0. The molecule has 0 fully saturated rings. The molecule has 1 aromatic carbocycles. The van der Waals surface area contributed by atoms with E-state index in [2.05, 4.69) is 20.7 Å². The predicted molar refractivity (Wildman–Crippen MR) is 113 cm³/mol. The van der Waals surface area contributed by atoms with Gasteiger partial charge in [0.25, 0.3) is 0 Å². The number of thioether (sulfide) groups is 1. The maximum Gasteiger partial charge on any atom is 0.190 e. The first-order chi connectivity index (χ1) is 11.8. The minimum Gasteiger partial charge on any atom is -0.356 e. The van der Waals surface area contributed by atoms with E-state index >= 15 is 0 Å². The van der Waals surface area contributed by atoms with Crippen LogP contribution in [-0.4, -0.2) is 41.6 Å². The van der Waals surface area contributed by atoms with Crippen LogP contribution in [0.5, 0.6) is 0 Å². The molecule has 0 amide bonds. The zero-order valence-corrected chi connectivity index (χ0v) is 17.5. The number of aromatic nitrogens is 2. The number of nitrogens with one attached hydrogen (secondary N) is 2. The molecule has 0 aliphatic rings. The molecule has 0 spiro atoms. The normalized spacial score (nSPS) is 11.0. The lowest BCUT2D eigenvalue weighted by Gasteiger charge is -2.11. The summed E-state index contributed by atoms with van der Waals surface area (Å²) in [5.74, 6) is 1.61. The lowest BCUT2D eigenvalue weighted by Crippen LogP contribution is -2.38. The van der Waals surface area contributed by atoms with Crippen molar-refractivity contribution in [2.75, 3.05) is 25.9 Å². The Hall–Kier alpha value is -1.29. The average Bonchev–Trinajstić information content (AvgIpc) is 3.11. The third-order valence-electron chi connectivity index (χ3n) is 3.34. The van der Waals surface area contributed by atoms with E-state index in [-0.39, 0.29) is 29.8 Å². The van der Waals surface area contributed by atoms with Crippen LogP contribution in [0.15, 0.2) is 52.6 Å². The van der Waals surface area contributed by atoms with E-state index in [0.29, 0.717) is 0 Å². The fourth-order valence-corrected chi connectivity index (χ4v) is 2.95. The van der Waals surface area contributed by atoms with Crippen molar-refractivity contribution in [3.63, 3.8) is 0 Å². The zero-order valence-electron chi connectivity index (χ0n) is 14.3. The second-order valence-corrected chi connectivity index (χ2v) is 6.37. The van der Waals surface area contributed by atoms with E-state index < -0.39 is 0 Å². The minimum atomic E-state index is -0.191. The van der Waals surface area contributed by atoms with Gasteiger partial charge in [-0.3, -0.25) is 9.67 Å². The van der Waals surface area contributed by atoms with Gasteiger partial charge in [0.2, 0.25) is 0 Å². The van der Waals surface area contributed by atoms with Crippen molar-refractivity contribution in [1.29, 1.82) is 0 Å². The first kappa shape index (κ1) is 21.8. The van der Waals surface area contributed by atoms with E-state index in [1.807, 2.05) is 29.1 Å². The van der Waals surface area contributed by atoms with Crippen molar-refractivity contribution < 1.29 is 4.39 Å². The third kappa shape index (κ3) is 9.10. The summed E-state index contributed by atoms with van der Waals surface area (Å²) in [5, 5.41) is 10.8. The molecule has 8 heteroatoms. The topological polar surface area (TPSA) is 54.2 Å². The molecule has 0 unspecified atom stereocenters.